The number of amides is 1. The van der Waals surface area contributed by atoms with E-state index in [9.17, 15) is 24.8 Å². The summed E-state index contributed by atoms with van der Waals surface area (Å²) in [5.74, 6) is -1.28. The van der Waals surface area contributed by atoms with Crippen LogP contribution < -0.4 is 0 Å². The minimum absolute atomic E-state index is 0.138. The van der Waals surface area contributed by atoms with Crippen molar-refractivity contribution in [2.75, 3.05) is 12.8 Å². The summed E-state index contributed by atoms with van der Waals surface area (Å²) in [6.45, 7) is 2.30. The molecule has 1 fully saturated rings. The Morgan fingerprint density at radius 3 is 2.70 bits per heavy atom. The third-order valence-electron chi connectivity index (χ3n) is 4.03. The topological polar surface area (TPSA) is 101 Å². The number of carbonyl (C=O) groups is 2. The van der Waals surface area contributed by atoms with Gasteiger partial charge in [0.2, 0.25) is 0 Å². The van der Waals surface area contributed by atoms with E-state index >= 15 is 0 Å². The second kappa shape index (κ2) is 6.99. The van der Waals surface area contributed by atoms with Gasteiger partial charge in [-0.1, -0.05) is 6.92 Å². The van der Waals surface area contributed by atoms with E-state index in [1.54, 1.807) is 6.26 Å². The third kappa shape index (κ3) is 3.64. The average molecular weight is 338 g/mol. The van der Waals surface area contributed by atoms with Crippen LogP contribution >= 0.6 is 11.8 Å². The smallest absolute Gasteiger partial charge is 0.326 e. The first-order valence-electron chi connectivity index (χ1n) is 7.21. The molecule has 1 aromatic rings. The molecule has 124 valence electrons. The summed E-state index contributed by atoms with van der Waals surface area (Å²) in [5, 5.41) is 20.5. The summed E-state index contributed by atoms with van der Waals surface area (Å²) in [7, 11) is 0. The number of nitrogens with zero attached hydrogens (tertiary/aromatic N) is 2. The van der Waals surface area contributed by atoms with E-state index in [0.717, 1.165) is 6.42 Å². The Morgan fingerprint density at radius 2 is 2.13 bits per heavy atom. The molecule has 1 N–H and O–H groups in total. The van der Waals surface area contributed by atoms with E-state index in [1.165, 1.54) is 34.9 Å². The zero-order valence-electron chi connectivity index (χ0n) is 12.9. The number of nitro benzene ring substituents is 1. The second-order valence-electron chi connectivity index (χ2n) is 5.63. The summed E-state index contributed by atoms with van der Waals surface area (Å²) in [4.78, 5) is 36.4. The minimum atomic E-state index is -1.04. The lowest BCUT2D eigenvalue weighted by Gasteiger charge is -2.36. The Kier molecular flexibility index (Phi) is 5.25. The van der Waals surface area contributed by atoms with Gasteiger partial charge < -0.3 is 10.0 Å². The van der Waals surface area contributed by atoms with Gasteiger partial charge in [0.05, 0.1) is 9.82 Å². The molecule has 1 amide bonds. The minimum Gasteiger partial charge on any atom is -0.480 e. The van der Waals surface area contributed by atoms with Crippen LogP contribution in [0.5, 0.6) is 0 Å². The lowest BCUT2D eigenvalue weighted by Crippen LogP contribution is -2.49. The number of nitro groups is 1. The van der Waals surface area contributed by atoms with Crippen molar-refractivity contribution in [2.24, 2.45) is 5.92 Å². The van der Waals surface area contributed by atoms with E-state index in [2.05, 4.69) is 0 Å². The summed E-state index contributed by atoms with van der Waals surface area (Å²) < 4.78 is 0. The van der Waals surface area contributed by atoms with E-state index in [1.807, 2.05) is 6.92 Å². The molecule has 2 rings (SSSR count). The molecule has 0 radical (unpaired) electrons. The first-order valence-corrected chi connectivity index (χ1v) is 8.43. The van der Waals surface area contributed by atoms with Crippen molar-refractivity contribution < 1.29 is 19.6 Å². The Labute approximate surface area is 137 Å². The van der Waals surface area contributed by atoms with Gasteiger partial charge in [0.25, 0.3) is 11.6 Å². The largest absolute Gasteiger partial charge is 0.480 e. The molecule has 0 aliphatic carbocycles. The maximum absolute atomic E-state index is 12.6. The molecule has 1 aromatic carbocycles. The quantitative estimate of drug-likeness (QED) is 0.514. The maximum atomic E-state index is 12.6. The lowest BCUT2D eigenvalue weighted by molar-refractivity contribution is -0.387. The van der Waals surface area contributed by atoms with Crippen molar-refractivity contribution in [3.63, 3.8) is 0 Å². The van der Waals surface area contributed by atoms with Crippen molar-refractivity contribution in [3.8, 4) is 0 Å². The number of rotatable bonds is 4. The van der Waals surface area contributed by atoms with Gasteiger partial charge in [0.1, 0.15) is 6.04 Å². The van der Waals surface area contributed by atoms with Gasteiger partial charge >= 0.3 is 5.97 Å². The molecule has 2 atom stereocenters. The van der Waals surface area contributed by atoms with Gasteiger partial charge in [-0.2, -0.15) is 0 Å². The van der Waals surface area contributed by atoms with E-state index in [4.69, 9.17) is 0 Å². The van der Waals surface area contributed by atoms with Crippen LogP contribution in [0.25, 0.3) is 0 Å². The van der Waals surface area contributed by atoms with Crippen LogP contribution in [0.15, 0.2) is 23.1 Å². The Morgan fingerprint density at radius 1 is 1.43 bits per heavy atom. The van der Waals surface area contributed by atoms with Crippen LogP contribution in [0.2, 0.25) is 0 Å². The van der Waals surface area contributed by atoms with Gasteiger partial charge in [0, 0.05) is 18.2 Å². The second-order valence-corrected chi connectivity index (χ2v) is 6.47. The molecule has 8 heteroatoms. The molecule has 1 saturated heterocycles. The molecule has 1 aliphatic rings. The normalized spacial score (nSPS) is 21.0. The number of thioether (sulfide) groups is 1. The third-order valence-corrected chi connectivity index (χ3v) is 4.82. The summed E-state index contributed by atoms with van der Waals surface area (Å²) in [6, 6.07) is 3.38. The summed E-state index contributed by atoms with van der Waals surface area (Å²) >= 11 is 1.22. The van der Waals surface area contributed by atoms with Gasteiger partial charge in [-0.05, 0) is 37.1 Å². The van der Waals surface area contributed by atoms with Crippen LogP contribution in [-0.4, -0.2) is 45.6 Å². The SMILES string of the molecule is CSc1ccc(C(=O)N2CCC(C)CC2C(=O)O)cc1[N+](=O)[O-]. The molecule has 1 heterocycles. The van der Waals surface area contributed by atoms with E-state index in [-0.39, 0.29) is 17.2 Å². The molecular formula is C15H18N2O5S. The number of carboxylic acid groups (broad SMARTS) is 1. The number of hydrogen-bond donors (Lipinski definition) is 1. The lowest BCUT2D eigenvalue weighted by atomic mass is 9.92. The number of aliphatic carboxylic acids is 1. The molecule has 1 aliphatic heterocycles. The first-order chi connectivity index (χ1) is 10.8. The summed E-state index contributed by atoms with van der Waals surface area (Å²) in [5.41, 5.74) is 0.0101. The molecule has 23 heavy (non-hydrogen) atoms. The van der Waals surface area contributed by atoms with Crippen LogP contribution in [-0.2, 0) is 4.79 Å². The summed E-state index contributed by atoms with van der Waals surface area (Å²) in [6.07, 6.45) is 2.84. The predicted octanol–water partition coefficient (Wildman–Crippen LogP) is 2.64. The van der Waals surface area contributed by atoms with Crippen molar-refractivity contribution in [2.45, 2.75) is 30.7 Å². The van der Waals surface area contributed by atoms with E-state index < -0.39 is 22.8 Å². The average Bonchev–Trinajstić information content (AvgIpc) is 2.53. The maximum Gasteiger partial charge on any atom is 0.326 e. The molecule has 2 unspecified atom stereocenters. The Bertz CT molecular complexity index is 649. The van der Waals surface area contributed by atoms with Gasteiger partial charge in [-0.15, -0.1) is 11.8 Å². The Hall–Kier alpha value is -2.09. The number of benzene rings is 1. The van der Waals surface area contributed by atoms with Gasteiger partial charge in [0.15, 0.2) is 0 Å². The monoisotopic (exact) mass is 338 g/mol. The predicted molar refractivity (Wildman–Crippen MR) is 85.7 cm³/mol. The van der Waals surface area contributed by atoms with Crippen LogP contribution in [0.1, 0.15) is 30.1 Å². The first kappa shape index (κ1) is 17.3. The molecular weight excluding hydrogens is 320 g/mol. The standard InChI is InChI=1S/C15H18N2O5S/c1-9-5-6-16(12(7-9)15(19)20)14(18)10-3-4-13(23-2)11(8-10)17(21)22/h3-4,8-9,12H,5-7H2,1-2H3,(H,19,20). The number of piperidine rings is 1. The molecule has 0 spiro atoms. The fraction of sp³-hybridized carbons (Fsp3) is 0.467. The van der Waals surface area contributed by atoms with Crippen LogP contribution in [0, 0.1) is 16.0 Å². The van der Waals surface area contributed by atoms with E-state index in [0.29, 0.717) is 17.9 Å². The number of hydrogen-bond acceptors (Lipinski definition) is 5. The number of carbonyl (C=O) groups excluding carboxylic acids is 1. The zero-order valence-corrected chi connectivity index (χ0v) is 13.7. The number of carboxylic acids is 1. The zero-order chi connectivity index (χ0) is 17.1. The highest BCUT2D eigenvalue weighted by Crippen LogP contribution is 2.30. The molecule has 7 nitrogen and oxygen atoms in total. The fourth-order valence-electron chi connectivity index (χ4n) is 2.75. The highest BCUT2D eigenvalue weighted by Gasteiger charge is 2.35. The number of likely N-dealkylation sites (tertiary alicyclic amines) is 1. The molecule has 0 bridgehead atoms. The van der Waals surface area contributed by atoms with Gasteiger partial charge in [-0.3, -0.25) is 14.9 Å². The Balaban J connectivity index is 2.34. The fourth-order valence-corrected chi connectivity index (χ4v) is 3.30. The molecule has 0 saturated carbocycles. The van der Waals surface area contributed by atoms with Crippen molar-refractivity contribution in [1.29, 1.82) is 0 Å². The highest BCUT2D eigenvalue weighted by atomic mass is 32.2. The van der Waals surface area contributed by atoms with Crippen molar-refractivity contribution in [3.05, 3.63) is 33.9 Å². The highest BCUT2D eigenvalue weighted by molar-refractivity contribution is 7.98. The molecule has 0 aromatic heterocycles. The van der Waals surface area contributed by atoms with Crippen molar-refractivity contribution >= 4 is 29.3 Å². The van der Waals surface area contributed by atoms with Crippen LogP contribution in [0.3, 0.4) is 0 Å². The van der Waals surface area contributed by atoms with Crippen LogP contribution in [0.4, 0.5) is 5.69 Å². The van der Waals surface area contributed by atoms with Crippen molar-refractivity contribution in [1.82, 2.24) is 4.90 Å². The van der Waals surface area contributed by atoms with Gasteiger partial charge in [-0.25, -0.2) is 4.79 Å².